The minimum absolute atomic E-state index is 0.105. The molecule has 5 nitrogen and oxygen atoms in total. The van der Waals surface area contributed by atoms with Crippen molar-refractivity contribution in [3.8, 4) is 5.75 Å². The van der Waals surface area contributed by atoms with Crippen LogP contribution < -0.4 is 10.1 Å². The Hall–Kier alpha value is -1.30. The predicted octanol–water partition coefficient (Wildman–Crippen LogP) is 3.30. The Kier molecular flexibility index (Phi) is 3.83. The Morgan fingerprint density at radius 3 is 3.00 bits per heavy atom. The molecular weight excluding hydrogens is 301 g/mol. The molecule has 0 radical (unpaired) electrons. The molecule has 2 aromatic rings. The van der Waals surface area contributed by atoms with Crippen LogP contribution in [0.15, 0.2) is 16.7 Å². The first-order valence-electron chi connectivity index (χ1n) is 6.28. The largest absolute Gasteiger partial charge is 0.492 e. The van der Waals surface area contributed by atoms with E-state index in [0.29, 0.717) is 40.7 Å². The topological polar surface area (TPSA) is 60.2 Å². The maximum atomic E-state index is 6.16. The van der Waals surface area contributed by atoms with Crippen LogP contribution in [0.2, 0.25) is 10.0 Å². The number of hydrogen-bond acceptors (Lipinski definition) is 5. The molecule has 1 aromatic carbocycles. The number of halogens is 2. The summed E-state index contributed by atoms with van der Waals surface area (Å²) in [6, 6.07) is 3.67. The van der Waals surface area contributed by atoms with Gasteiger partial charge in [0.05, 0.1) is 18.2 Å². The van der Waals surface area contributed by atoms with Crippen LogP contribution in [0.5, 0.6) is 5.75 Å². The second-order valence-corrected chi connectivity index (χ2v) is 5.45. The number of ether oxygens (including phenoxy) is 1. The van der Waals surface area contributed by atoms with Gasteiger partial charge in [-0.3, -0.25) is 0 Å². The molecule has 0 saturated heterocycles. The molecule has 1 aliphatic rings. The van der Waals surface area contributed by atoms with Gasteiger partial charge in [0.2, 0.25) is 5.89 Å². The van der Waals surface area contributed by atoms with Gasteiger partial charge in [-0.1, -0.05) is 28.4 Å². The van der Waals surface area contributed by atoms with Crippen LogP contribution in [0.3, 0.4) is 0 Å². The molecule has 0 amide bonds. The molecule has 2 heterocycles. The lowest BCUT2D eigenvalue weighted by Gasteiger charge is -2.27. The van der Waals surface area contributed by atoms with E-state index in [0.717, 1.165) is 12.0 Å². The summed E-state index contributed by atoms with van der Waals surface area (Å²) >= 11 is 12.2. The van der Waals surface area contributed by atoms with E-state index in [-0.39, 0.29) is 6.04 Å². The maximum Gasteiger partial charge on any atom is 0.223 e. The fraction of sp³-hybridized carbons (Fsp3) is 0.385. The fourth-order valence-electron chi connectivity index (χ4n) is 2.27. The van der Waals surface area contributed by atoms with Crippen molar-refractivity contribution in [3.63, 3.8) is 0 Å². The van der Waals surface area contributed by atoms with Gasteiger partial charge in [-0.05, 0) is 12.1 Å². The minimum Gasteiger partial charge on any atom is -0.492 e. The van der Waals surface area contributed by atoms with Crippen molar-refractivity contribution in [2.24, 2.45) is 0 Å². The van der Waals surface area contributed by atoms with Crippen LogP contribution in [-0.2, 0) is 6.54 Å². The summed E-state index contributed by atoms with van der Waals surface area (Å²) < 4.78 is 10.6. The minimum atomic E-state index is 0.105. The first-order valence-corrected chi connectivity index (χ1v) is 7.03. The van der Waals surface area contributed by atoms with Gasteiger partial charge in [-0.25, -0.2) is 0 Å². The summed E-state index contributed by atoms with van der Waals surface area (Å²) in [4.78, 5) is 4.16. The number of aromatic nitrogens is 2. The van der Waals surface area contributed by atoms with Crippen molar-refractivity contribution in [2.45, 2.75) is 25.9 Å². The Bertz CT molecular complexity index is 630. The molecule has 0 bridgehead atoms. The normalized spacial score (nSPS) is 17.6. The van der Waals surface area contributed by atoms with Gasteiger partial charge in [0.15, 0.2) is 5.82 Å². The smallest absolute Gasteiger partial charge is 0.223 e. The lowest BCUT2D eigenvalue weighted by atomic mass is 10.0. The number of fused-ring (bicyclic) bond motifs is 1. The predicted molar refractivity (Wildman–Crippen MR) is 75.2 cm³/mol. The number of nitrogens with zero attached hydrogens (tertiary/aromatic N) is 2. The van der Waals surface area contributed by atoms with Crippen molar-refractivity contribution in [1.29, 1.82) is 0 Å². The Morgan fingerprint density at radius 2 is 2.25 bits per heavy atom. The summed E-state index contributed by atoms with van der Waals surface area (Å²) in [5, 5.41) is 8.37. The highest BCUT2D eigenvalue weighted by Gasteiger charge is 2.24. The van der Waals surface area contributed by atoms with Gasteiger partial charge >= 0.3 is 0 Å². The Morgan fingerprint density at radius 1 is 1.40 bits per heavy atom. The van der Waals surface area contributed by atoms with Gasteiger partial charge in [-0.15, -0.1) is 0 Å². The summed E-state index contributed by atoms with van der Waals surface area (Å²) in [5.41, 5.74) is 0.967. The number of rotatable bonds is 3. The lowest BCUT2D eigenvalue weighted by molar-refractivity contribution is 0.251. The molecule has 0 fully saturated rings. The van der Waals surface area contributed by atoms with Gasteiger partial charge in [0.1, 0.15) is 5.75 Å². The molecule has 1 unspecified atom stereocenters. The van der Waals surface area contributed by atoms with Crippen LogP contribution in [0, 0.1) is 6.92 Å². The van der Waals surface area contributed by atoms with E-state index >= 15 is 0 Å². The monoisotopic (exact) mass is 313 g/mol. The molecule has 3 rings (SSSR count). The second-order valence-electron chi connectivity index (χ2n) is 4.61. The molecule has 0 spiro atoms. The molecule has 0 saturated carbocycles. The van der Waals surface area contributed by atoms with Crippen LogP contribution >= 0.6 is 23.2 Å². The third-order valence-electron chi connectivity index (χ3n) is 3.14. The number of hydrogen-bond donors (Lipinski definition) is 1. The fourth-order valence-corrected chi connectivity index (χ4v) is 2.83. The van der Waals surface area contributed by atoms with Crippen LogP contribution in [0.4, 0.5) is 0 Å². The molecule has 0 aliphatic carbocycles. The van der Waals surface area contributed by atoms with E-state index in [1.165, 1.54) is 0 Å². The van der Waals surface area contributed by atoms with Gasteiger partial charge in [0.25, 0.3) is 0 Å². The van der Waals surface area contributed by atoms with E-state index in [9.17, 15) is 0 Å². The van der Waals surface area contributed by atoms with Gasteiger partial charge in [0, 0.05) is 30.0 Å². The van der Waals surface area contributed by atoms with Gasteiger partial charge in [-0.2, -0.15) is 4.98 Å². The van der Waals surface area contributed by atoms with E-state index in [4.69, 9.17) is 32.5 Å². The van der Waals surface area contributed by atoms with Crippen molar-refractivity contribution in [2.75, 3.05) is 6.61 Å². The molecule has 1 aliphatic heterocycles. The second kappa shape index (κ2) is 5.60. The standard InChI is InChI=1S/C13H13Cl2N3O2/c1-7-17-12(18-20-7)6-16-11-2-3-19-13-9(11)4-8(14)5-10(13)15/h4-5,11,16H,2-3,6H2,1H3. The first kappa shape index (κ1) is 13.7. The third-order valence-corrected chi connectivity index (χ3v) is 3.64. The highest BCUT2D eigenvalue weighted by molar-refractivity contribution is 6.35. The average Bonchev–Trinajstić information content (AvgIpc) is 2.82. The molecular formula is C13H13Cl2N3O2. The van der Waals surface area contributed by atoms with Crippen molar-refractivity contribution in [1.82, 2.24) is 15.5 Å². The van der Waals surface area contributed by atoms with Gasteiger partial charge < -0.3 is 14.6 Å². The Labute approximate surface area is 126 Å². The summed E-state index contributed by atoms with van der Waals surface area (Å²) in [6.07, 6.45) is 0.834. The quantitative estimate of drug-likeness (QED) is 0.942. The zero-order valence-corrected chi connectivity index (χ0v) is 12.3. The molecule has 106 valence electrons. The average molecular weight is 314 g/mol. The lowest BCUT2D eigenvalue weighted by Crippen LogP contribution is -2.27. The summed E-state index contributed by atoms with van der Waals surface area (Å²) in [6.45, 7) is 2.89. The van der Waals surface area contributed by atoms with Crippen LogP contribution in [-0.4, -0.2) is 16.7 Å². The summed E-state index contributed by atoms with van der Waals surface area (Å²) in [7, 11) is 0. The SMILES string of the molecule is Cc1nc(CNC2CCOc3c(Cl)cc(Cl)cc32)no1. The highest BCUT2D eigenvalue weighted by Crippen LogP contribution is 2.39. The summed E-state index contributed by atoms with van der Waals surface area (Å²) in [5.74, 6) is 1.88. The zero-order valence-electron chi connectivity index (χ0n) is 10.8. The van der Waals surface area contributed by atoms with Crippen LogP contribution in [0.25, 0.3) is 0 Å². The van der Waals surface area contributed by atoms with E-state index in [1.807, 2.05) is 6.07 Å². The maximum absolute atomic E-state index is 6.16. The molecule has 1 atom stereocenters. The zero-order chi connectivity index (χ0) is 14.1. The van der Waals surface area contributed by atoms with Crippen molar-refractivity contribution >= 4 is 23.2 Å². The Balaban J connectivity index is 1.79. The van der Waals surface area contributed by atoms with E-state index < -0.39 is 0 Å². The number of nitrogens with one attached hydrogen (secondary N) is 1. The molecule has 1 aromatic heterocycles. The first-order chi connectivity index (χ1) is 9.63. The van der Waals surface area contributed by atoms with E-state index in [2.05, 4.69) is 15.5 Å². The van der Waals surface area contributed by atoms with Crippen molar-refractivity contribution < 1.29 is 9.26 Å². The number of benzene rings is 1. The molecule has 20 heavy (non-hydrogen) atoms. The van der Waals surface area contributed by atoms with Crippen molar-refractivity contribution in [3.05, 3.63) is 39.5 Å². The third kappa shape index (κ3) is 2.75. The molecule has 7 heteroatoms. The molecule has 1 N–H and O–H groups in total. The number of aryl methyl sites for hydroxylation is 1. The van der Waals surface area contributed by atoms with Crippen LogP contribution in [0.1, 0.15) is 29.7 Å². The highest BCUT2D eigenvalue weighted by atomic mass is 35.5. The van der Waals surface area contributed by atoms with E-state index in [1.54, 1.807) is 13.0 Å².